The van der Waals surface area contributed by atoms with Crippen LogP contribution in [0.3, 0.4) is 0 Å². The van der Waals surface area contributed by atoms with Crippen molar-refractivity contribution in [2.24, 2.45) is 0 Å². The Morgan fingerprint density at radius 3 is 2.57 bits per heavy atom. The smallest absolute Gasteiger partial charge is 0.255 e. The second-order valence-electron chi connectivity index (χ2n) is 9.70. The lowest BCUT2D eigenvalue weighted by Crippen LogP contribution is -2.51. The fourth-order valence-electron chi connectivity index (χ4n) is 4.74. The van der Waals surface area contributed by atoms with Crippen LogP contribution in [0.1, 0.15) is 62.4 Å². The van der Waals surface area contributed by atoms with E-state index in [2.05, 4.69) is 20.7 Å². The molecule has 2 fully saturated rings. The van der Waals surface area contributed by atoms with Gasteiger partial charge >= 0.3 is 0 Å². The molecule has 2 amide bonds. The molecule has 2 aromatic heterocycles. The molecule has 1 saturated carbocycles. The minimum Gasteiger partial charge on any atom is -0.380 e. The number of likely N-dealkylation sites (tertiary alicyclic amines) is 1. The average Bonchev–Trinajstić information content (AvgIpc) is 3.66. The van der Waals surface area contributed by atoms with Crippen molar-refractivity contribution >= 4 is 28.3 Å². The van der Waals surface area contributed by atoms with Crippen molar-refractivity contribution in [1.29, 1.82) is 0 Å². The van der Waals surface area contributed by atoms with E-state index < -0.39 is 30.1 Å². The molecule has 37 heavy (non-hydrogen) atoms. The summed E-state index contributed by atoms with van der Waals surface area (Å²) in [6.45, 7) is 2.21. The van der Waals surface area contributed by atoms with E-state index in [0.717, 1.165) is 47.8 Å². The van der Waals surface area contributed by atoms with Crippen LogP contribution in [-0.2, 0) is 9.59 Å². The lowest BCUT2D eigenvalue weighted by atomic mass is 9.93. The van der Waals surface area contributed by atoms with Gasteiger partial charge in [0.25, 0.3) is 11.8 Å². The van der Waals surface area contributed by atoms with Crippen LogP contribution in [0.25, 0.3) is 5.69 Å². The molecule has 0 unspecified atom stereocenters. The predicted octanol–water partition coefficient (Wildman–Crippen LogP) is 2.56. The van der Waals surface area contributed by atoms with Crippen molar-refractivity contribution in [2.45, 2.75) is 69.4 Å². The SMILES string of the molecule is C[C@@H](NC(=O)[C@H](O)[C@@H](O)C(=O)N1CCC[C@@H]1c1csc(NC2CCC2)n1)c1ccc(-n2cccn2)cc1. The van der Waals surface area contributed by atoms with Gasteiger partial charge in [0, 0.05) is 30.4 Å². The molecule has 2 aliphatic rings. The van der Waals surface area contributed by atoms with Gasteiger partial charge in [0.2, 0.25) is 0 Å². The summed E-state index contributed by atoms with van der Waals surface area (Å²) in [5.41, 5.74) is 2.46. The molecular weight excluding hydrogens is 492 g/mol. The topological polar surface area (TPSA) is 133 Å². The number of thiazole rings is 1. The number of amides is 2. The van der Waals surface area contributed by atoms with Gasteiger partial charge in [0.1, 0.15) is 0 Å². The molecule has 0 bridgehead atoms. The molecule has 1 aliphatic carbocycles. The van der Waals surface area contributed by atoms with E-state index in [1.165, 1.54) is 22.7 Å². The number of carbonyl (C=O) groups excluding carboxylic acids is 2. The Bertz CT molecular complexity index is 1210. The van der Waals surface area contributed by atoms with E-state index in [1.807, 2.05) is 41.9 Å². The average molecular weight is 525 g/mol. The Kier molecular flexibility index (Phi) is 7.54. The second kappa shape index (κ2) is 11.0. The first-order valence-corrected chi connectivity index (χ1v) is 13.6. The largest absolute Gasteiger partial charge is 0.380 e. The van der Waals surface area contributed by atoms with Crippen molar-refractivity contribution < 1.29 is 19.8 Å². The summed E-state index contributed by atoms with van der Waals surface area (Å²) in [4.78, 5) is 32.0. The van der Waals surface area contributed by atoms with Crippen LogP contribution < -0.4 is 10.6 Å². The van der Waals surface area contributed by atoms with Gasteiger partial charge in [0.05, 0.1) is 23.5 Å². The third kappa shape index (κ3) is 5.53. The number of benzene rings is 1. The number of hydrogen-bond donors (Lipinski definition) is 4. The molecule has 0 radical (unpaired) electrons. The van der Waals surface area contributed by atoms with Crippen molar-refractivity contribution in [3.05, 3.63) is 59.4 Å². The highest BCUT2D eigenvalue weighted by atomic mass is 32.1. The first kappa shape index (κ1) is 25.4. The maximum absolute atomic E-state index is 13.1. The minimum absolute atomic E-state index is 0.280. The zero-order valence-corrected chi connectivity index (χ0v) is 21.5. The first-order chi connectivity index (χ1) is 17.9. The number of nitrogens with one attached hydrogen (secondary N) is 2. The van der Waals surface area contributed by atoms with Crippen LogP contribution in [0.5, 0.6) is 0 Å². The highest BCUT2D eigenvalue weighted by Crippen LogP contribution is 2.35. The zero-order chi connectivity index (χ0) is 25.9. The van der Waals surface area contributed by atoms with Crippen molar-refractivity contribution in [3.63, 3.8) is 0 Å². The Morgan fingerprint density at radius 1 is 1.11 bits per heavy atom. The first-order valence-electron chi connectivity index (χ1n) is 12.7. The van der Waals surface area contributed by atoms with Crippen LogP contribution in [0, 0.1) is 0 Å². The number of aromatic nitrogens is 3. The molecule has 1 saturated heterocycles. The summed E-state index contributed by atoms with van der Waals surface area (Å²) in [6, 6.07) is 9.03. The Hall–Kier alpha value is -3.28. The van der Waals surface area contributed by atoms with Gasteiger partial charge in [-0.05, 0) is 62.8 Å². The number of anilines is 1. The van der Waals surface area contributed by atoms with E-state index >= 15 is 0 Å². The fraction of sp³-hybridized carbons (Fsp3) is 0.462. The molecule has 1 aromatic carbocycles. The van der Waals surface area contributed by atoms with Crippen molar-refractivity contribution in [2.75, 3.05) is 11.9 Å². The van der Waals surface area contributed by atoms with E-state index in [9.17, 15) is 19.8 Å². The minimum atomic E-state index is -1.88. The summed E-state index contributed by atoms with van der Waals surface area (Å²) in [7, 11) is 0. The molecule has 3 aromatic rings. The molecular formula is C26H32N6O4S. The number of rotatable bonds is 9. The van der Waals surface area contributed by atoms with Crippen LogP contribution >= 0.6 is 11.3 Å². The molecule has 10 nitrogen and oxygen atoms in total. The molecule has 3 heterocycles. The monoisotopic (exact) mass is 524 g/mol. The van der Waals surface area contributed by atoms with Gasteiger partial charge in [-0.25, -0.2) is 9.67 Å². The number of hydrogen-bond acceptors (Lipinski definition) is 8. The predicted molar refractivity (Wildman–Crippen MR) is 139 cm³/mol. The number of nitrogens with zero attached hydrogens (tertiary/aromatic N) is 4. The van der Waals surface area contributed by atoms with Crippen molar-refractivity contribution in [3.8, 4) is 5.69 Å². The number of aliphatic hydroxyl groups is 2. The molecule has 0 spiro atoms. The second-order valence-corrected chi connectivity index (χ2v) is 10.6. The van der Waals surface area contributed by atoms with Crippen LogP contribution in [0.2, 0.25) is 0 Å². The van der Waals surface area contributed by atoms with Gasteiger partial charge in [0.15, 0.2) is 17.3 Å². The maximum atomic E-state index is 13.1. The highest BCUT2D eigenvalue weighted by molar-refractivity contribution is 7.13. The van der Waals surface area contributed by atoms with Gasteiger partial charge in [-0.2, -0.15) is 5.10 Å². The summed E-state index contributed by atoms with van der Waals surface area (Å²) in [6.07, 6.45) is 4.78. The third-order valence-electron chi connectivity index (χ3n) is 7.17. The van der Waals surface area contributed by atoms with Gasteiger partial charge in [-0.15, -0.1) is 11.3 Å². The normalized spacial score (nSPS) is 20.2. The van der Waals surface area contributed by atoms with E-state index in [4.69, 9.17) is 0 Å². The molecule has 11 heteroatoms. The number of aliphatic hydroxyl groups excluding tert-OH is 2. The van der Waals surface area contributed by atoms with Crippen LogP contribution in [-0.4, -0.2) is 66.5 Å². The van der Waals surface area contributed by atoms with E-state index in [1.54, 1.807) is 17.8 Å². The number of carbonyl (C=O) groups is 2. The fourth-order valence-corrected chi connectivity index (χ4v) is 5.57. The molecule has 1 aliphatic heterocycles. The maximum Gasteiger partial charge on any atom is 0.255 e. The molecule has 5 rings (SSSR count). The lowest BCUT2D eigenvalue weighted by Gasteiger charge is -2.28. The standard InChI is InChI=1S/C26H32N6O4S/c1-16(17-8-10-19(11-9-17)32-14-4-12-27-32)28-24(35)22(33)23(34)25(36)31-13-3-7-21(31)20-15-37-26(30-20)29-18-5-2-6-18/h4,8-12,14-16,18,21-23,33-34H,2-3,5-7,13H2,1H3,(H,28,35)(H,29,30)/t16-,21-,22-,23-/m1/s1. The lowest BCUT2D eigenvalue weighted by molar-refractivity contribution is -0.154. The Morgan fingerprint density at radius 2 is 1.89 bits per heavy atom. The van der Waals surface area contributed by atoms with Gasteiger partial charge in [-0.3, -0.25) is 9.59 Å². The Balaban J connectivity index is 1.18. The van der Waals surface area contributed by atoms with E-state index in [0.29, 0.717) is 12.6 Å². The van der Waals surface area contributed by atoms with Crippen LogP contribution in [0.15, 0.2) is 48.1 Å². The molecule has 4 N–H and O–H groups in total. The molecule has 196 valence electrons. The van der Waals surface area contributed by atoms with Crippen molar-refractivity contribution in [1.82, 2.24) is 25.0 Å². The molecule has 4 atom stereocenters. The quantitative estimate of drug-likeness (QED) is 0.338. The third-order valence-corrected chi connectivity index (χ3v) is 7.97. The zero-order valence-electron chi connectivity index (χ0n) is 20.7. The van der Waals surface area contributed by atoms with E-state index in [-0.39, 0.29) is 6.04 Å². The summed E-state index contributed by atoms with van der Waals surface area (Å²) < 4.78 is 1.72. The highest BCUT2D eigenvalue weighted by Gasteiger charge is 2.39. The van der Waals surface area contributed by atoms with Gasteiger partial charge in [-0.1, -0.05) is 12.1 Å². The Labute approximate surface area is 219 Å². The van der Waals surface area contributed by atoms with Gasteiger partial charge < -0.3 is 25.7 Å². The summed E-state index contributed by atoms with van der Waals surface area (Å²) in [5, 5.41) is 34.2. The summed E-state index contributed by atoms with van der Waals surface area (Å²) in [5.74, 6) is -1.47. The van der Waals surface area contributed by atoms with Crippen LogP contribution in [0.4, 0.5) is 5.13 Å². The summed E-state index contributed by atoms with van der Waals surface area (Å²) >= 11 is 1.51.